The quantitative estimate of drug-likeness (QED) is 0.519. The Hall–Kier alpha value is -4.02. The van der Waals surface area contributed by atoms with Gasteiger partial charge in [-0.1, -0.05) is 48.3 Å². The summed E-state index contributed by atoms with van der Waals surface area (Å²) >= 11 is 0. The first-order chi connectivity index (χ1) is 14.9. The zero-order valence-corrected chi connectivity index (χ0v) is 17.3. The molecule has 0 saturated heterocycles. The van der Waals surface area contributed by atoms with E-state index in [9.17, 15) is 8.78 Å². The van der Waals surface area contributed by atoms with Crippen LogP contribution in [0.5, 0.6) is 0 Å². The molecule has 0 aliphatic heterocycles. The Kier molecular flexibility index (Phi) is 5.86. The fourth-order valence-corrected chi connectivity index (χ4v) is 4.15. The molecule has 0 spiro atoms. The third kappa shape index (κ3) is 3.23. The van der Waals surface area contributed by atoms with Crippen molar-refractivity contribution in [1.29, 1.82) is 0 Å². The fraction of sp³-hybridized carbons (Fsp3) is 0.111. The minimum atomic E-state index is -1.16. The second kappa shape index (κ2) is 8.38. The van der Waals surface area contributed by atoms with Gasteiger partial charge in [-0.05, 0) is 60.4 Å². The topological polar surface area (TPSA) is 52.0 Å². The number of terminal acetylenes is 2. The summed E-state index contributed by atoms with van der Waals surface area (Å²) in [7, 11) is 0. The molecular weight excluding hydrogens is 390 g/mol. The van der Waals surface area contributed by atoms with E-state index in [0.717, 1.165) is 0 Å². The van der Waals surface area contributed by atoms with E-state index in [0.29, 0.717) is 33.4 Å². The van der Waals surface area contributed by atoms with E-state index in [1.807, 2.05) is 38.2 Å². The zero-order valence-electron chi connectivity index (χ0n) is 17.3. The summed E-state index contributed by atoms with van der Waals surface area (Å²) in [4.78, 5) is 0. The number of anilines is 2. The lowest BCUT2D eigenvalue weighted by atomic mass is 9.65. The van der Waals surface area contributed by atoms with Gasteiger partial charge in [0.05, 0.1) is 16.8 Å². The average Bonchev–Trinajstić information content (AvgIpc) is 3.02. The highest BCUT2D eigenvalue weighted by molar-refractivity contribution is 5.79. The molecule has 0 aromatic heterocycles. The van der Waals surface area contributed by atoms with Crippen molar-refractivity contribution in [2.75, 3.05) is 11.5 Å². The minimum Gasteiger partial charge on any atom is -0.396 e. The Bertz CT molecular complexity index is 1160. The van der Waals surface area contributed by atoms with Gasteiger partial charge in [-0.3, -0.25) is 0 Å². The van der Waals surface area contributed by atoms with Crippen molar-refractivity contribution in [2.45, 2.75) is 19.3 Å². The van der Waals surface area contributed by atoms with Crippen LogP contribution >= 0.6 is 0 Å². The maximum absolute atomic E-state index is 14.7. The molecule has 0 saturated carbocycles. The van der Waals surface area contributed by atoms with Gasteiger partial charge in [-0.25, -0.2) is 8.78 Å². The number of rotatable bonds is 4. The van der Waals surface area contributed by atoms with Gasteiger partial charge >= 0.3 is 0 Å². The molecule has 4 heteroatoms. The molecule has 1 aliphatic rings. The number of hydrogen-bond donors (Lipinski definition) is 2. The third-order valence-corrected chi connectivity index (χ3v) is 5.42. The lowest BCUT2D eigenvalue weighted by Crippen LogP contribution is -2.30. The summed E-state index contributed by atoms with van der Waals surface area (Å²) in [5, 5.41) is 0. The number of allylic oxidation sites excluding steroid dienone is 8. The van der Waals surface area contributed by atoms with Crippen LogP contribution in [0, 0.1) is 36.3 Å². The Labute approximate surface area is 181 Å². The largest absolute Gasteiger partial charge is 0.396 e. The van der Waals surface area contributed by atoms with Crippen LogP contribution in [0.4, 0.5) is 20.2 Å². The van der Waals surface area contributed by atoms with E-state index in [4.69, 9.17) is 24.3 Å². The fourth-order valence-electron chi connectivity index (χ4n) is 4.15. The highest BCUT2D eigenvalue weighted by Crippen LogP contribution is 2.54. The predicted octanol–water partition coefficient (Wildman–Crippen LogP) is 5.44. The molecule has 0 bridgehead atoms. The number of nitrogen functional groups attached to an aromatic ring is 2. The molecule has 0 radical (unpaired) electrons. The van der Waals surface area contributed by atoms with Crippen molar-refractivity contribution in [1.82, 2.24) is 0 Å². The van der Waals surface area contributed by atoms with E-state index in [2.05, 4.69) is 11.8 Å². The van der Waals surface area contributed by atoms with Crippen molar-refractivity contribution in [3.63, 3.8) is 0 Å². The van der Waals surface area contributed by atoms with Gasteiger partial charge in [0.15, 0.2) is 0 Å². The molecule has 1 aliphatic carbocycles. The summed E-state index contributed by atoms with van der Waals surface area (Å²) in [6.45, 7) is 3.67. The number of halogens is 2. The standard InChI is InChI=1S/C27H22F2N2/c1-5-9-21-19(7-3)20(8-4)22(10-6-2)27(21,17-11-13-25(30)23(28)15-17)18-12-14-26(31)24(29)16-18/h3-6,9-16H,30-31H2,1-2H3/b9-5-,10-6-. The smallest absolute Gasteiger partial charge is 0.146 e. The molecule has 31 heavy (non-hydrogen) atoms. The molecule has 0 amide bonds. The van der Waals surface area contributed by atoms with Crippen molar-refractivity contribution in [3.05, 3.63) is 106 Å². The maximum atomic E-state index is 14.7. The van der Waals surface area contributed by atoms with Crippen LogP contribution in [0.2, 0.25) is 0 Å². The van der Waals surface area contributed by atoms with E-state index >= 15 is 0 Å². The number of hydrogen-bond acceptors (Lipinski definition) is 2. The molecule has 2 nitrogen and oxygen atoms in total. The maximum Gasteiger partial charge on any atom is 0.146 e. The first-order valence-corrected chi connectivity index (χ1v) is 9.66. The van der Waals surface area contributed by atoms with Crippen molar-refractivity contribution < 1.29 is 8.78 Å². The van der Waals surface area contributed by atoms with Gasteiger partial charge in [-0.2, -0.15) is 0 Å². The Morgan fingerprint density at radius 1 is 0.774 bits per heavy atom. The molecule has 0 heterocycles. The van der Waals surface area contributed by atoms with Crippen LogP contribution in [-0.4, -0.2) is 0 Å². The van der Waals surface area contributed by atoms with Crippen LogP contribution in [0.25, 0.3) is 0 Å². The molecule has 3 rings (SSSR count). The van der Waals surface area contributed by atoms with E-state index in [-0.39, 0.29) is 11.4 Å². The van der Waals surface area contributed by atoms with Crippen LogP contribution in [0.15, 0.2) is 83.0 Å². The van der Waals surface area contributed by atoms with Crippen molar-refractivity contribution in [3.8, 4) is 24.7 Å². The molecule has 0 fully saturated rings. The SMILES string of the molecule is C#CC1=C(/C=C\C)C(c2ccc(N)c(F)c2)(c2ccc(N)c(F)c2)C(/C=C\C)=C1C#C. The lowest BCUT2D eigenvalue weighted by Gasteiger charge is -2.35. The summed E-state index contributed by atoms with van der Waals surface area (Å²) in [5.74, 6) is 4.20. The highest BCUT2D eigenvalue weighted by atomic mass is 19.1. The van der Waals surface area contributed by atoms with Crippen LogP contribution in [-0.2, 0) is 5.41 Å². The second-order valence-corrected chi connectivity index (χ2v) is 7.09. The second-order valence-electron chi connectivity index (χ2n) is 7.09. The lowest BCUT2D eigenvalue weighted by molar-refractivity contribution is 0.617. The number of nitrogens with two attached hydrogens (primary N) is 2. The normalized spacial score (nSPS) is 15.7. The summed E-state index contributed by atoms with van der Waals surface area (Å²) in [6.07, 6.45) is 19.0. The summed E-state index contributed by atoms with van der Waals surface area (Å²) in [5.41, 5.74) is 13.6. The molecule has 2 aromatic carbocycles. The van der Waals surface area contributed by atoms with Crippen LogP contribution < -0.4 is 11.5 Å². The number of benzene rings is 2. The van der Waals surface area contributed by atoms with Crippen LogP contribution in [0.3, 0.4) is 0 Å². The monoisotopic (exact) mass is 412 g/mol. The van der Waals surface area contributed by atoms with E-state index in [1.54, 1.807) is 12.1 Å². The molecule has 4 N–H and O–H groups in total. The van der Waals surface area contributed by atoms with Gasteiger partial charge in [0.1, 0.15) is 11.6 Å². The van der Waals surface area contributed by atoms with Crippen molar-refractivity contribution in [2.24, 2.45) is 0 Å². The molecular formula is C27H22F2N2. The van der Waals surface area contributed by atoms with Gasteiger partial charge in [0.2, 0.25) is 0 Å². The van der Waals surface area contributed by atoms with E-state index in [1.165, 1.54) is 24.3 Å². The molecule has 2 aromatic rings. The Morgan fingerprint density at radius 3 is 1.45 bits per heavy atom. The first-order valence-electron chi connectivity index (χ1n) is 9.66. The average molecular weight is 412 g/mol. The van der Waals surface area contributed by atoms with Crippen LogP contribution in [0.1, 0.15) is 25.0 Å². The van der Waals surface area contributed by atoms with Gasteiger partial charge < -0.3 is 11.5 Å². The molecule has 0 atom stereocenters. The Balaban J connectivity index is 2.63. The minimum absolute atomic E-state index is 0.00265. The molecule has 0 unspecified atom stereocenters. The highest BCUT2D eigenvalue weighted by Gasteiger charge is 2.47. The summed E-state index contributed by atoms with van der Waals surface area (Å²) < 4.78 is 29.4. The third-order valence-electron chi connectivity index (χ3n) is 5.42. The van der Waals surface area contributed by atoms with Crippen molar-refractivity contribution >= 4 is 11.4 Å². The van der Waals surface area contributed by atoms with Gasteiger partial charge in [0, 0.05) is 11.1 Å². The summed E-state index contributed by atoms with van der Waals surface area (Å²) in [6, 6.07) is 9.03. The predicted molar refractivity (Wildman–Crippen MR) is 124 cm³/mol. The zero-order chi connectivity index (χ0) is 22.8. The Morgan fingerprint density at radius 2 is 1.16 bits per heavy atom. The molecule has 154 valence electrons. The first kappa shape index (κ1) is 21.7. The van der Waals surface area contributed by atoms with Gasteiger partial charge in [-0.15, -0.1) is 12.8 Å². The van der Waals surface area contributed by atoms with E-state index < -0.39 is 17.0 Å². The van der Waals surface area contributed by atoms with Gasteiger partial charge in [0.25, 0.3) is 0 Å².